The van der Waals surface area contributed by atoms with Crippen LogP contribution in [0.15, 0.2) is 60.0 Å². The van der Waals surface area contributed by atoms with Crippen LogP contribution in [0.1, 0.15) is 22.7 Å². The Morgan fingerprint density at radius 2 is 1.75 bits per heavy atom. The van der Waals surface area contributed by atoms with Crippen LogP contribution in [0.5, 0.6) is 0 Å². The first kappa shape index (κ1) is 16.4. The normalized spacial score (nSPS) is 18.4. The molecule has 0 unspecified atom stereocenters. The van der Waals surface area contributed by atoms with Gasteiger partial charge in [0.1, 0.15) is 6.04 Å². The smallest absolute Gasteiger partial charge is 0.240 e. The fourth-order valence-electron chi connectivity index (χ4n) is 2.92. The summed E-state index contributed by atoms with van der Waals surface area (Å²) in [6, 6.07) is 15.5. The Kier molecular flexibility index (Phi) is 4.51. The average Bonchev–Trinajstić information content (AvgIpc) is 2.59. The minimum Gasteiger partial charge on any atom is -0.368 e. The third-order valence-electron chi connectivity index (χ3n) is 4.07. The minimum absolute atomic E-state index is 0.228. The van der Waals surface area contributed by atoms with Gasteiger partial charge in [0, 0.05) is 12.0 Å². The topological polar surface area (TPSA) is 80.5 Å². The highest BCUT2D eigenvalue weighted by atomic mass is 32.2. The number of hydrogen-bond donors (Lipinski definition) is 1. The highest BCUT2D eigenvalue weighted by Crippen LogP contribution is 2.32. The molecule has 1 aliphatic heterocycles. The molecule has 2 aromatic carbocycles. The first-order chi connectivity index (χ1) is 11.5. The van der Waals surface area contributed by atoms with Gasteiger partial charge in [-0.05, 0) is 29.2 Å². The van der Waals surface area contributed by atoms with Crippen molar-refractivity contribution in [3.8, 4) is 0 Å². The molecule has 2 aromatic rings. The van der Waals surface area contributed by atoms with E-state index in [1.165, 1.54) is 10.4 Å². The molecule has 1 atom stereocenters. The number of fused-ring (bicyclic) bond motifs is 1. The maximum atomic E-state index is 12.7. The van der Waals surface area contributed by atoms with Crippen molar-refractivity contribution in [1.82, 2.24) is 4.31 Å². The van der Waals surface area contributed by atoms with E-state index in [0.717, 1.165) is 16.5 Å². The molecule has 1 aliphatic rings. The standard InChI is InChI=1S/C18H18N2O3S/c19-18(21)17-16-9-5-4-8-15(16)10-12-20(17)24(22,23)13-11-14-6-2-1-3-7-14/h1-9,11,13,17H,10,12H2,(H2,19,21)/b13-11+/t17-/m1/s1. The highest BCUT2D eigenvalue weighted by Gasteiger charge is 2.37. The minimum atomic E-state index is -3.77. The Labute approximate surface area is 141 Å². The summed E-state index contributed by atoms with van der Waals surface area (Å²) in [5, 5.41) is 1.13. The lowest BCUT2D eigenvalue weighted by atomic mass is 9.94. The first-order valence-corrected chi connectivity index (χ1v) is 9.11. The van der Waals surface area contributed by atoms with Gasteiger partial charge in [-0.2, -0.15) is 4.31 Å². The average molecular weight is 342 g/mol. The van der Waals surface area contributed by atoms with Crippen LogP contribution in [0, 0.1) is 0 Å². The Bertz CT molecular complexity index is 876. The molecule has 6 heteroatoms. The van der Waals surface area contributed by atoms with E-state index in [1.54, 1.807) is 12.1 Å². The van der Waals surface area contributed by atoms with Gasteiger partial charge in [-0.15, -0.1) is 0 Å². The number of rotatable bonds is 4. The van der Waals surface area contributed by atoms with E-state index < -0.39 is 22.0 Å². The van der Waals surface area contributed by atoms with Gasteiger partial charge < -0.3 is 5.73 Å². The second kappa shape index (κ2) is 6.59. The monoisotopic (exact) mass is 342 g/mol. The molecule has 0 radical (unpaired) electrons. The molecule has 0 fully saturated rings. The number of sulfonamides is 1. The number of carbonyl (C=O) groups excluding carboxylic acids is 1. The summed E-state index contributed by atoms with van der Waals surface area (Å²) in [6.45, 7) is 0.228. The summed E-state index contributed by atoms with van der Waals surface area (Å²) in [6.07, 6.45) is 2.08. The van der Waals surface area contributed by atoms with Crippen molar-refractivity contribution >= 4 is 22.0 Å². The predicted molar refractivity (Wildman–Crippen MR) is 93.2 cm³/mol. The molecule has 0 aromatic heterocycles. The fourth-order valence-corrected chi connectivity index (χ4v) is 4.26. The van der Waals surface area contributed by atoms with Gasteiger partial charge in [-0.3, -0.25) is 4.79 Å². The number of benzene rings is 2. The Morgan fingerprint density at radius 3 is 2.46 bits per heavy atom. The number of nitrogens with two attached hydrogens (primary N) is 1. The third-order valence-corrected chi connectivity index (χ3v) is 5.59. The van der Waals surface area contributed by atoms with E-state index in [1.807, 2.05) is 42.5 Å². The second-order valence-corrected chi connectivity index (χ2v) is 7.39. The van der Waals surface area contributed by atoms with Gasteiger partial charge >= 0.3 is 0 Å². The maximum absolute atomic E-state index is 12.7. The molecule has 0 spiro atoms. The van der Waals surface area contributed by atoms with Crippen LogP contribution in [0.4, 0.5) is 0 Å². The van der Waals surface area contributed by atoms with Crippen molar-refractivity contribution in [1.29, 1.82) is 0 Å². The SMILES string of the molecule is NC(=O)[C@H]1c2ccccc2CCN1S(=O)(=O)/C=C/c1ccccc1. The summed E-state index contributed by atoms with van der Waals surface area (Å²) in [5.41, 5.74) is 7.90. The van der Waals surface area contributed by atoms with Gasteiger partial charge in [0.15, 0.2) is 0 Å². The van der Waals surface area contributed by atoms with Crippen LogP contribution in [-0.4, -0.2) is 25.2 Å². The Balaban J connectivity index is 1.95. The van der Waals surface area contributed by atoms with Gasteiger partial charge in [0.2, 0.25) is 15.9 Å². The molecular formula is C18H18N2O3S. The highest BCUT2D eigenvalue weighted by molar-refractivity contribution is 7.92. The molecule has 0 aliphatic carbocycles. The van der Waals surface area contributed by atoms with Crippen molar-refractivity contribution in [3.63, 3.8) is 0 Å². The van der Waals surface area contributed by atoms with Crippen molar-refractivity contribution in [2.45, 2.75) is 12.5 Å². The van der Waals surface area contributed by atoms with Gasteiger partial charge in [-0.1, -0.05) is 54.6 Å². The zero-order valence-corrected chi connectivity index (χ0v) is 13.8. The van der Waals surface area contributed by atoms with E-state index in [0.29, 0.717) is 12.0 Å². The Hall–Kier alpha value is -2.44. The van der Waals surface area contributed by atoms with E-state index in [4.69, 9.17) is 5.73 Å². The zero-order valence-electron chi connectivity index (χ0n) is 13.0. The summed E-state index contributed by atoms with van der Waals surface area (Å²) >= 11 is 0. The van der Waals surface area contributed by atoms with Crippen LogP contribution in [0.3, 0.4) is 0 Å². The Morgan fingerprint density at radius 1 is 1.08 bits per heavy atom. The summed E-state index contributed by atoms with van der Waals surface area (Å²) in [5.74, 6) is -0.668. The molecule has 24 heavy (non-hydrogen) atoms. The molecule has 0 saturated heterocycles. The number of carbonyl (C=O) groups is 1. The molecule has 0 saturated carbocycles. The van der Waals surface area contributed by atoms with E-state index >= 15 is 0 Å². The maximum Gasteiger partial charge on any atom is 0.240 e. The largest absolute Gasteiger partial charge is 0.368 e. The quantitative estimate of drug-likeness (QED) is 0.923. The molecular weight excluding hydrogens is 324 g/mol. The summed E-state index contributed by atoms with van der Waals surface area (Å²) in [4.78, 5) is 11.9. The third kappa shape index (κ3) is 3.25. The first-order valence-electron chi connectivity index (χ1n) is 7.61. The molecule has 0 bridgehead atoms. The van der Waals surface area contributed by atoms with Gasteiger partial charge in [0.25, 0.3) is 0 Å². The predicted octanol–water partition coefficient (Wildman–Crippen LogP) is 2.07. The summed E-state index contributed by atoms with van der Waals surface area (Å²) < 4.78 is 26.6. The number of nitrogens with zero attached hydrogens (tertiary/aromatic N) is 1. The lowest BCUT2D eigenvalue weighted by Crippen LogP contribution is -2.44. The zero-order chi connectivity index (χ0) is 17.2. The van der Waals surface area contributed by atoms with Crippen LogP contribution >= 0.6 is 0 Å². The van der Waals surface area contributed by atoms with Crippen molar-refractivity contribution in [2.75, 3.05) is 6.54 Å². The van der Waals surface area contributed by atoms with Gasteiger partial charge in [-0.25, -0.2) is 8.42 Å². The molecule has 5 nitrogen and oxygen atoms in total. The number of hydrogen-bond acceptors (Lipinski definition) is 3. The van der Waals surface area contributed by atoms with Crippen LogP contribution in [0.25, 0.3) is 6.08 Å². The molecule has 1 amide bonds. The van der Waals surface area contributed by atoms with Crippen LogP contribution < -0.4 is 5.73 Å². The van der Waals surface area contributed by atoms with E-state index in [-0.39, 0.29) is 6.54 Å². The molecule has 2 N–H and O–H groups in total. The second-order valence-electron chi connectivity index (χ2n) is 5.62. The summed E-state index contributed by atoms with van der Waals surface area (Å²) in [7, 11) is -3.77. The van der Waals surface area contributed by atoms with E-state index in [2.05, 4.69) is 0 Å². The van der Waals surface area contributed by atoms with Gasteiger partial charge in [0.05, 0.1) is 0 Å². The van der Waals surface area contributed by atoms with Crippen LogP contribution in [-0.2, 0) is 21.2 Å². The van der Waals surface area contributed by atoms with Crippen LogP contribution in [0.2, 0.25) is 0 Å². The number of amides is 1. The van der Waals surface area contributed by atoms with E-state index in [9.17, 15) is 13.2 Å². The lowest BCUT2D eigenvalue weighted by Gasteiger charge is -2.33. The molecule has 1 heterocycles. The molecule has 124 valence electrons. The van der Waals surface area contributed by atoms with Crippen molar-refractivity contribution in [2.24, 2.45) is 5.73 Å². The lowest BCUT2D eigenvalue weighted by molar-refractivity contribution is -0.122. The fraction of sp³-hybridized carbons (Fsp3) is 0.167. The molecule has 3 rings (SSSR count). The van der Waals surface area contributed by atoms with Crippen molar-refractivity contribution in [3.05, 3.63) is 76.7 Å². The number of primary amides is 1. The van der Waals surface area contributed by atoms with Crippen molar-refractivity contribution < 1.29 is 13.2 Å².